The fraction of sp³-hybridized carbons (Fsp3) is 0.250. The molecular weight excluding hydrogens is 222 g/mol. The predicted octanol–water partition coefficient (Wildman–Crippen LogP) is 4.16. The van der Waals surface area contributed by atoms with Gasteiger partial charge in [-0.15, -0.1) is 0 Å². The minimum Gasteiger partial charge on any atom is -0.289 e. The number of pyridine rings is 1. The molecule has 0 N–H and O–H groups in total. The third kappa shape index (κ3) is 2.65. The van der Waals surface area contributed by atoms with Gasteiger partial charge in [-0.1, -0.05) is 37.6 Å². The number of aromatic nitrogens is 1. The van der Waals surface area contributed by atoms with Crippen LogP contribution in [0, 0.1) is 0 Å². The maximum absolute atomic E-state index is 12.1. The highest BCUT2D eigenvalue weighted by molar-refractivity contribution is 6.06. The molecule has 2 heteroatoms. The van der Waals surface area contributed by atoms with E-state index in [0.29, 0.717) is 5.56 Å². The number of hydrogen-bond donors (Lipinski definition) is 0. The van der Waals surface area contributed by atoms with Crippen LogP contribution in [0.4, 0.5) is 0 Å². The third-order valence-electron chi connectivity index (χ3n) is 3.13. The average Bonchev–Trinajstić information content (AvgIpc) is 2.44. The van der Waals surface area contributed by atoms with Gasteiger partial charge in [-0.05, 0) is 31.1 Å². The van der Waals surface area contributed by atoms with Gasteiger partial charge in [0.25, 0.3) is 0 Å². The lowest BCUT2D eigenvalue weighted by molar-refractivity contribution is 0.104. The van der Waals surface area contributed by atoms with Crippen molar-refractivity contribution < 1.29 is 4.79 Å². The summed E-state index contributed by atoms with van der Waals surface area (Å²) in [6.45, 7) is 4.15. The summed E-state index contributed by atoms with van der Waals surface area (Å²) in [4.78, 5) is 16.4. The van der Waals surface area contributed by atoms with Gasteiger partial charge in [-0.2, -0.15) is 0 Å². The van der Waals surface area contributed by atoms with E-state index in [-0.39, 0.29) is 5.78 Å². The number of benzene rings is 1. The van der Waals surface area contributed by atoms with E-state index in [4.69, 9.17) is 0 Å². The number of rotatable bonds is 4. The van der Waals surface area contributed by atoms with Crippen LogP contribution in [-0.4, -0.2) is 10.8 Å². The first-order valence-electron chi connectivity index (χ1n) is 6.33. The number of carbonyl (C=O) groups excluding carboxylic acids is 1. The molecule has 0 saturated carbocycles. The number of carbonyl (C=O) groups is 1. The molecule has 0 aliphatic rings. The summed E-state index contributed by atoms with van der Waals surface area (Å²) in [5.41, 5.74) is 2.76. The summed E-state index contributed by atoms with van der Waals surface area (Å²) in [6, 6.07) is 9.57. The SMILES string of the molecule is CCC(=CC(=O)c1ccc2cccnc2c1)CC. The molecule has 1 heterocycles. The molecule has 2 rings (SSSR count). The Kier molecular flexibility index (Phi) is 3.88. The van der Waals surface area contributed by atoms with E-state index in [2.05, 4.69) is 18.8 Å². The fourth-order valence-electron chi connectivity index (χ4n) is 1.94. The fourth-order valence-corrected chi connectivity index (χ4v) is 1.94. The molecule has 0 spiro atoms. The van der Waals surface area contributed by atoms with Crippen molar-refractivity contribution in [3.63, 3.8) is 0 Å². The number of hydrogen-bond acceptors (Lipinski definition) is 2. The Morgan fingerprint density at radius 1 is 1.22 bits per heavy atom. The van der Waals surface area contributed by atoms with Gasteiger partial charge in [0.15, 0.2) is 5.78 Å². The van der Waals surface area contributed by atoms with Gasteiger partial charge in [-0.25, -0.2) is 0 Å². The van der Waals surface area contributed by atoms with Crippen molar-refractivity contribution in [2.24, 2.45) is 0 Å². The van der Waals surface area contributed by atoms with Gasteiger partial charge in [0, 0.05) is 17.1 Å². The van der Waals surface area contributed by atoms with Crippen LogP contribution in [0.3, 0.4) is 0 Å². The van der Waals surface area contributed by atoms with Crippen LogP contribution < -0.4 is 0 Å². The first-order valence-corrected chi connectivity index (χ1v) is 6.33. The second kappa shape index (κ2) is 5.58. The van der Waals surface area contributed by atoms with E-state index < -0.39 is 0 Å². The molecule has 18 heavy (non-hydrogen) atoms. The topological polar surface area (TPSA) is 30.0 Å². The van der Waals surface area contributed by atoms with Crippen molar-refractivity contribution in [3.8, 4) is 0 Å². The molecule has 1 aromatic heterocycles. The van der Waals surface area contributed by atoms with Crippen LogP contribution in [0.15, 0.2) is 48.2 Å². The molecule has 0 saturated heterocycles. The highest BCUT2D eigenvalue weighted by atomic mass is 16.1. The molecule has 0 radical (unpaired) electrons. The normalized spacial score (nSPS) is 10.3. The van der Waals surface area contributed by atoms with Crippen LogP contribution in [0.5, 0.6) is 0 Å². The summed E-state index contributed by atoms with van der Waals surface area (Å²) in [5, 5.41) is 1.06. The molecule has 92 valence electrons. The predicted molar refractivity (Wildman–Crippen MR) is 74.7 cm³/mol. The Bertz CT molecular complexity index is 593. The van der Waals surface area contributed by atoms with Gasteiger partial charge in [0.2, 0.25) is 0 Å². The van der Waals surface area contributed by atoms with Crippen LogP contribution in [-0.2, 0) is 0 Å². The lowest BCUT2D eigenvalue weighted by atomic mass is 10.0. The van der Waals surface area contributed by atoms with E-state index in [0.717, 1.165) is 23.7 Å². The highest BCUT2D eigenvalue weighted by Gasteiger charge is 2.05. The molecule has 0 unspecified atom stereocenters. The largest absolute Gasteiger partial charge is 0.289 e. The quantitative estimate of drug-likeness (QED) is 0.592. The summed E-state index contributed by atoms with van der Waals surface area (Å²) in [6.07, 6.45) is 5.35. The van der Waals surface area contributed by atoms with Crippen molar-refractivity contribution in [3.05, 3.63) is 53.7 Å². The second-order valence-electron chi connectivity index (χ2n) is 4.28. The van der Waals surface area contributed by atoms with Gasteiger partial charge >= 0.3 is 0 Å². The molecule has 1 aromatic carbocycles. The van der Waals surface area contributed by atoms with E-state index in [1.165, 1.54) is 5.57 Å². The Labute approximate surface area is 107 Å². The van der Waals surface area contributed by atoms with Crippen molar-refractivity contribution in [1.82, 2.24) is 4.98 Å². The summed E-state index contributed by atoms with van der Waals surface area (Å²) in [5.74, 6) is 0.0706. The molecule has 2 aromatic rings. The highest BCUT2D eigenvalue weighted by Crippen LogP contribution is 2.15. The first kappa shape index (κ1) is 12.5. The monoisotopic (exact) mass is 239 g/mol. The number of fused-ring (bicyclic) bond motifs is 1. The lowest BCUT2D eigenvalue weighted by Crippen LogP contribution is -1.96. The minimum atomic E-state index is 0.0706. The Balaban J connectivity index is 2.36. The smallest absolute Gasteiger partial charge is 0.185 e. The van der Waals surface area contributed by atoms with Gasteiger partial charge in [0.1, 0.15) is 0 Å². The van der Waals surface area contributed by atoms with Crippen LogP contribution in [0.1, 0.15) is 37.0 Å². The standard InChI is InChI=1S/C16H17NO/c1-3-12(4-2)10-16(18)14-8-7-13-6-5-9-17-15(13)11-14/h5-11H,3-4H2,1-2H3. The molecule has 0 atom stereocenters. The van der Waals surface area contributed by atoms with E-state index in [1.54, 1.807) is 12.3 Å². The van der Waals surface area contributed by atoms with Crippen molar-refractivity contribution in [2.75, 3.05) is 0 Å². The average molecular weight is 239 g/mol. The number of ketones is 1. The summed E-state index contributed by atoms with van der Waals surface area (Å²) >= 11 is 0. The van der Waals surface area contributed by atoms with Crippen molar-refractivity contribution >= 4 is 16.7 Å². The number of allylic oxidation sites excluding steroid dienone is 2. The lowest BCUT2D eigenvalue weighted by Gasteiger charge is -2.02. The second-order valence-corrected chi connectivity index (χ2v) is 4.28. The maximum Gasteiger partial charge on any atom is 0.185 e. The van der Waals surface area contributed by atoms with E-state index in [9.17, 15) is 4.79 Å². The Morgan fingerprint density at radius 2 is 2.00 bits per heavy atom. The van der Waals surface area contributed by atoms with Gasteiger partial charge in [0.05, 0.1) is 5.52 Å². The van der Waals surface area contributed by atoms with Crippen molar-refractivity contribution in [2.45, 2.75) is 26.7 Å². The molecule has 0 aliphatic heterocycles. The van der Waals surface area contributed by atoms with E-state index >= 15 is 0 Å². The zero-order valence-electron chi connectivity index (χ0n) is 10.8. The molecule has 0 fully saturated rings. The third-order valence-corrected chi connectivity index (χ3v) is 3.13. The van der Waals surface area contributed by atoms with Crippen molar-refractivity contribution in [1.29, 1.82) is 0 Å². The zero-order chi connectivity index (χ0) is 13.0. The molecule has 2 nitrogen and oxygen atoms in total. The van der Waals surface area contributed by atoms with Crippen LogP contribution in [0.2, 0.25) is 0 Å². The number of nitrogens with zero attached hydrogens (tertiary/aromatic N) is 1. The molecule has 0 amide bonds. The van der Waals surface area contributed by atoms with Gasteiger partial charge in [-0.3, -0.25) is 9.78 Å². The summed E-state index contributed by atoms with van der Waals surface area (Å²) < 4.78 is 0. The Morgan fingerprint density at radius 3 is 2.72 bits per heavy atom. The van der Waals surface area contributed by atoms with Gasteiger partial charge < -0.3 is 0 Å². The molecule has 0 aliphatic carbocycles. The maximum atomic E-state index is 12.1. The minimum absolute atomic E-state index is 0.0706. The first-order chi connectivity index (χ1) is 8.74. The van der Waals surface area contributed by atoms with Crippen LogP contribution >= 0.6 is 0 Å². The Hall–Kier alpha value is -1.96. The van der Waals surface area contributed by atoms with Crippen LogP contribution in [0.25, 0.3) is 10.9 Å². The molecular formula is C16H17NO. The zero-order valence-corrected chi connectivity index (χ0v) is 10.8. The summed E-state index contributed by atoms with van der Waals surface area (Å²) in [7, 11) is 0. The molecule has 0 bridgehead atoms. The van der Waals surface area contributed by atoms with E-state index in [1.807, 2.05) is 30.3 Å².